The molecule has 57 heavy (non-hydrogen) atoms. The van der Waals surface area contributed by atoms with E-state index in [9.17, 15) is 0 Å². The molecule has 0 aliphatic carbocycles. The molecule has 0 amide bonds. The number of benzene rings is 9. The fraction of sp³-hybridized carbons (Fsp3) is 0. The Hall–Kier alpha value is -7.62. The van der Waals surface area contributed by atoms with Crippen molar-refractivity contribution in [3.05, 3.63) is 212 Å². The molecular weight excluding hydrogens is 691 g/mol. The second kappa shape index (κ2) is 13.6. The predicted octanol–water partition coefficient (Wildman–Crippen LogP) is 14.2. The van der Waals surface area contributed by atoms with E-state index >= 15 is 0 Å². The molecule has 11 aromatic rings. The van der Waals surface area contributed by atoms with Gasteiger partial charge in [0.1, 0.15) is 0 Å². The van der Waals surface area contributed by atoms with Crippen molar-refractivity contribution in [3.63, 3.8) is 0 Å². The SMILES string of the molecule is c1ccc(-c2nc(-c3ccc(-n4c5ccccc5c5ccccc54)cc3)cc(-c3ccc(-c4cc5ccccc5c5ccccc45)cc3-c3ccccc3)n2)cc1. The van der Waals surface area contributed by atoms with Gasteiger partial charge in [-0.25, -0.2) is 9.97 Å². The average molecular weight is 726 g/mol. The summed E-state index contributed by atoms with van der Waals surface area (Å²) in [6, 6.07) is 75.7. The van der Waals surface area contributed by atoms with Gasteiger partial charge in [-0.1, -0.05) is 170 Å². The number of aromatic nitrogens is 3. The third kappa shape index (κ3) is 5.68. The van der Waals surface area contributed by atoms with Gasteiger partial charge in [-0.2, -0.15) is 0 Å². The largest absolute Gasteiger partial charge is 0.309 e. The van der Waals surface area contributed by atoms with Crippen molar-refractivity contribution >= 4 is 43.4 Å². The highest BCUT2D eigenvalue weighted by molar-refractivity contribution is 6.14. The normalized spacial score (nSPS) is 11.5. The molecule has 0 unspecified atom stereocenters. The van der Waals surface area contributed by atoms with E-state index in [2.05, 4.69) is 199 Å². The van der Waals surface area contributed by atoms with E-state index in [1.807, 2.05) is 18.2 Å². The van der Waals surface area contributed by atoms with Crippen LogP contribution in [0.1, 0.15) is 0 Å². The maximum Gasteiger partial charge on any atom is 0.160 e. The lowest BCUT2D eigenvalue weighted by Crippen LogP contribution is -1.98. The lowest BCUT2D eigenvalue weighted by atomic mass is 9.89. The fourth-order valence-electron chi connectivity index (χ4n) is 8.52. The zero-order chi connectivity index (χ0) is 37.7. The molecule has 0 spiro atoms. The van der Waals surface area contributed by atoms with Crippen molar-refractivity contribution in [2.75, 3.05) is 0 Å². The molecule has 11 rings (SSSR count). The third-order valence-electron chi connectivity index (χ3n) is 11.2. The monoisotopic (exact) mass is 725 g/mol. The van der Waals surface area contributed by atoms with Crippen LogP contribution in [0.5, 0.6) is 0 Å². The summed E-state index contributed by atoms with van der Waals surface area (Å²) in [5, 5.41) is 7.49. The highest BCUT2D eigenvalue weighted by Gasteiger charge is 2.18. The lowest BCUT2D eigenvalue weighted by molar-refractivity contribution is 1.17. The number of para-hydroxylation sites is 2. The second-order valence-electron chi connectivity index (χ2n) is 14.6. The molecule has 3 nitrogen and oxygen atoms in total. The van der Waals surface area contributed by atoms with Crippen molar-refractivity contribution in [2.24, 2.45) is 0 Å². The Balaban J connectivity index is 1.08. The first kappa shape index (κ1) is 32.8. The molecule has 0 saturated carbocycles. The molecular formula is C54H35N3. The van der Waals surface area contributed by atoms with Gasteiger partial charge in [0.2, 0.25) is 0 Å². The summed E-state index contributed by atoms with van der Waals surface area (Å²) in [6.45, 7) is 0. The Bertz CT molecular complexity index is 3220. The highest BCUT2D eigenvalue weighted by atomic mass is 15.0. The topological polar surface area (TPSA) is 30.7 Å². The molecule has 0 aliphatic heterocycles. The number of rotatable bonds is 6. The van der Waals surface area contributed by atoms with Crippen molar-refractivity contribution in [2.45, 2.75) is 0 Å². The third-order valence-corrected chi connectivity index (χ3v) is 11.2. The fourth-order valence-corrected chi connectivity index (χ4v) is 8.52. The summed E-state index contributed by atoms with van der Waals surface area (Å²) >= 11 is 0. The van der Waals surface area contributed by atoms with E-state index in [1.54, 1.807) is 0 Å². The first-order chi connectivity index (χ1) is 28.3. The highest BCUT2D eigenvalue weighted by Crippen LogP contribution is 2.41. The molecule has 0 aliphatic rings. The van der Waals surface area contributed by atoms with Crippen molar-refractivity contribution in [1.82, 2.24) is 14.5 Å². The van der Waals surface area contributed by atoms with Gasteiger partial charge in [-0.15, -0.1) is 0 Å². The molecule has 0 bridgehead atoms. The van der Waals surface area contributed by atoms with E-state index < -0.39 is 0 Å². The predicted molar refractivity (Wildman–Crippen MR) is 239 cm³/mol. The molecule has 9 aromatic carbocycles. The number of hydrogen-bond acceptors (Lipinski definition) is 2. The zero-order valence-electron chi connectivity index (χ0n) is 31.0. The Kier molecular flexibility index (Phi) is 7.82. The van der Waals surface area contributed by atoms with Crippen LogP contribution in [0.15, 0.2) is 212 Å². The van der Waals surface area contributed by atoms with Gasteiger partial charge in [0.05, 0.1) is 22.4 Å². The van der Waals surface area contributed by atoms with Crippen LogP contribution >= 0.6 is 0 Å². The molecule has 0 radical (unpaired) electrons. The molecule has 2 heterocycles. The average Bonchev–Trinajstić information content (AvgIpc) is 3.63. The smallest absolute Gasteiger partial charge is 0.160 e. The van der Waals surface area contributed by atoms with Gasteiger partial charge in [-0.05, 0) is 86.3 Å². The minimum Gasteiger partial charge on any atom is -0.309 e. The van der Waals surface area contributed by atoms with E-state index in [4.69, 9.17) is 9.97 Å². The minimum atomic E-state index is 0.693. The van der Waals surface area contributed by atoms with Crippen LogP contribution in [0.25, 0.3) is 105 Å². The molecule has 0 atom stereocenters. The van der Waals surface area contributed by atoms with E-state index in [0.29, 0.717) is 5.82 Å². The molecule has 266 valence electrons. The van der Waals surface area contributed by atoms with Crippen LogP contribution in [-0.2, 0) is 0 Å². The Morgan fingerprint density at radius 2 is 0.842 bits per heavy atom. The Labute approximate surface area is 330 Å². The Morgan fingerprint density at radius 1 is 0.298 bits per heavy atom. The van der Waals surface area contributed by atoms with E-state index in [0.717, 1.165) is 50.5 Å². The lowest BCUT2D eigenvalue weighted by Gasteiger charge is -2.16. The van der Waals surface area contributed by atoms with Gasteiger partial charge in [0.15, 0.2) is 5.82 Å². The van der Waals surface area contributed by atoms with Gasteiger partial charge < -0.3 is 4.57 Å². The molecule has 2 aromatic heterocycles. The first-order valence-electron chi connectivity index (χ1n) is 19.4. The van der Waals surface area contributed by atoms with E-state index in [1.165, 1.54) is 48.9 Å². The summed E-state index contributed by atoms with van der Waals surface area (Å²) < 4.78 is 2.35. The maximum atomic E-state index is 5.29. The maximum absolute atomic E-state index is 5.29. The summed E-state index contributed by atoms with van der Waals surface area (Å²) in [5.41, 5.74) is 12.9. The van der Waals surface area contributed by atoms with Crippen molar-refractivity contribution < 1.29 is 0 Å². The summed E-state index contributed by atoms with van der Waals surface area (Å²) in [6.07, 6.45) is 0. The standard InChI is InChI=1S/C54H35N3/c1-3-15-36(16-4-1)48-34-40(49-33-39-19-7-8-20-42(39)43-21-9-10-22-44(43)49)29-32-45(48)51-35-50(55-54(56-51)38-17-5-2-6-18-38)37-27-30-41(31-28-37)57-52-25-13-11-23-46(52)47-24-12-14-26-53(47)57/h1-35H. The number of fused-ring (bicyclic) bond motifs is 6. The quantitative estimate of drug-likeness (QED) is 0.160. The second-order valence-corrected chi connectivity index (χ2v) is 14.6. The van der Waals surface area contributed by atoms with Crippen molar-refractivity contribution in [3.8, 4) is 61.8 Å². The van der Waals surface area contributed by atoms with Crippen LogP contribution in [0.4, 0.5) is 0 Å². The van der Waals surface area contributed by atoms with Gasteiger partial charge in [0, 0.05) is 33.2 Å². The van der Waals surface area contributed by atoms with Crippen molar-refractivity contribution in [1.29, 1.82) is 0 Å². The summed E-state index contributed by atoms with van der Waals surface area (Å²) in [5.74, 6) is 0.693. The Morgan fingerprint density at radius 3 is 1.54 bits per heavy atom. The minimum absolute atomic E-state index is 0.693. The first-order valence-corrected chi connectivity index (χ1v) is 19.4. The zero-order valence-corrected chi connectivity index (χ0v) is 31.0. The van der Waals surface area contributed by atoms with E-state index in [-0.39, 0.29) is 0 Å². The van der Waals surface area contributed by atoms with Crippen LogP contribution in [0.3, 0.4) is 0 Å². The molecule has 0 fully saturated rings. The molecule has 0 saturated heterocycles. The van der Waals surface area contributed by atoms with Gasteiger partial charge in [-0.3, -0.25) is 0 Å². The van der Waals surface area contributed by atoms with Crippen LogP contribution in [0.2, 0.25) is 0 Å². The number of nitrogens with zero attached hydrogens (tertiary/aromatic N) is 3. The van der Waals surface area contributed by atoms with Crippen LogP contribution < -0.4 is 0 Å². The van der Waals surface area contributed by atoms with Crippen LogP contribution in [-0.4, -0.2) is 14.5 Å². The van der Waals surface area contributed by atoms with Crippen LogP contribution in [0, 0.1) is 0 Å². The summed E-state index contributed by atoms with van der Waals surface area (Å²) in [7, 11) is 0. The van der Waals surface area contributed by atoms with Gasteiger partial charge in [0.25, 0.3) is 0 Å². The molecule has 0 N–H and O–H groups in total. The summed E-state index contributed by atoms with van der Waals surface area (Å²) in [4.78, 5) is 10.5. The molecule has 3 heteroatoms. The number of hydrogen-bond donors (Lipinski definition) is 0. The van der Waals surface area contributed by atoms with Gasteiger partial charge >= 0.3 is 0 Å².